The first-order chi connectivity index (χ1) is 11.7. The van der Waals surface area contributed by atoms with Gasteiger partial charge in [-0.2, -0.15) is 0 Å². The zero-order chi connectivity index (χ0) is 16.9. The van der Waals surface area contributed by atoms with E-state index in [0.29, 0.717) is 24.9 Å². The van der Waals surface area contributed by atoms with E-state index in [0.717, 1.165) is 49.4 Å². The molecule has 0 unspecified atom stereocenters. The Bertz CT molecular complexity index is 613. The molecule has 3 rings (SSSR count). The van der Waals surface area contributed by atoms with Crippen LogP contribution in [0, 0.1) is 24.7 Å². The van der Waals surface area contributed by atoms with Gasteiger partial charge in [-0.3, -0.25) is 4.79 Å². The lowest BCUT2D eigenvalue weighted by molar-refractivity contribution is -0.125. The first-order valence-electron chi connectivity index (χ1n) is 9.20. The van der Waals surface area contributed by atoms with Gasteiger partial charge in [0.15, 0.2) is 0 Å². The molecule has 5 nitrogen and oxygen atoms in total. The van der Waals surface area contributed by atoms with Gasteiger partial charge in [-0.05, 0) is 38.0 Å². The van der Waals surface area contributed by atoms with Crippen LogP contribution in [0.4, 0.5) is 5.82 Å². The minimum absolute atomic E-state index is 0.182. The number of hydrogen-bond donors (Lipinski definition) is 2. The van der Waals surface area contributed by atoms with Crippen LogP contribution in [0.25, 0.3) is 0 Å². The topological polar surface area (TPSA) is 66.9 Å². The van der Waals surface area contributed by atoms with Gasteiger partial charge < -0.3 is 10.6 Å². The zero-order valence-corrected chi connectivity index (χ0v) is 14.7. The van der Waals surface area contributed by atoms with Gasteiger partial charge in [0.1, 0.15) is 11.6 Å². The van der Waals surface area contributed by atoms with Crippen molar-refractivity contribution in [2.45, 2.75) is 46.0 Å². The number of rotatable bonds is 8. The highest BCUT2D eigenvalue weighted by molar-refractivity contribution is 5.80. The van der Waals surface area contributed by atoms with Gasteiger partial charge >= 0.3 is 0 Å². The molecule has 0 radical (unpaired) electrons. The standard InChI is InChI=1S/C19H28N4O/c1-3-4-5-17-22-13(2)10-18(23-17)20-8-9-21-19(24)16-12-14-6-7-15(16)11-14/h6-7,10,14-16H,3-5,8-9,11-12H2,1-2H3,(H,21,24)(H,20,22,23)/t14-,15+,16+/m0/s1. The molecule has 130 valence electrons. The molecule has 2 aliphatic carbocycles. The van der Waals surface area contributed by atoms with Crippen molar-refractivity contribution in [1.82, 2.24) is 15.3 Å². The molecule has 0 aliphatic heterocycles. The highest BCUT2D eigenvalue weighted by Gasteiger charge is 2.39. The summed E-state index contributed by atoms with van der Waals surface area (Å²) in [4.78, 5) is 21.3. The number of aryl methyl sites for hydroxylation is 2. The van der Waals surface area contributed by atoms with E-state index in [-0.39, 0.29) is 11.8 Å². The molecule has 0 saturated heterocycles. The molecule has 1 amide bonds. The van der Waals surface area contributed by atoms with Crippen molar-refractivity contribution >= 4 is 11.7 Å². The number of hydrogen-bond acceptors (Lipinski definition) is 4. The first kappa shape index (κ1) is 16.9. The Morgan fingerprint density at radius 1 is 1.25 bits per heavy atom. The fourth-order valence-electron chi connectivity index (χ4n) is 3.76. The lowest BCUT2D eigenvalue weighted by Crippen LogP contribution is -2.35. The van der Waals surface area contributed by atoms with Crippen molar-refractivity contribution in [2.75, 3.05) is 18.4 Å². The third kappa shape index (κ3) is 4.13. The largest absolute Gasteiger partial charge is 0.368 e. The average molecular weight is 328 g/mol. The Morgan fingerprint density at radius 3 is 2.83 bits per heavy atom. The van der Waals surface area contributed by atoms with Crippen LogP contribution in [0.1, 0.15) is 44.1 Å². The second-order valence-corrected chi connectivity index (χ2v) is 7.02. The summed E-state index contributed by atoms with van der Waals surface area (Å²) < 4.78 is 0. The average Bonchev–Trinajstić information content (AvgIpc) is 3.19. The van der Waals surface area contributed by atoms with E-state index < -0.39 is 0 Å². The molecule has 24 heavy (non-hydrogen) atoms. The SMILES string of the molecule is CCCCc1nc(C)cc(NCCNC(=O)[C@@H]2C[C@H]3C=C[C@@H]2C3)n1. The summed E-state index contributed by atoms with van der Waals surface area (Å²) in [5.41, 5.74) is 0.983. The van der Waals surface area contributed by atoms with Gasteiger partial charge in [0.05, 0.1) is 0 Å². The minimum atomic E-state index is 0.182. The molecule has 0 aromatic carbocycles. The summed E-state index contributed by atoms with van der Waals surface area (Å²) >= 11 is 0. The van der Waals surface area contributed by atoms with Crippen molar-refractivity contribution in [3.63, 3.8) is 0 Å². The first-order valence-corrected chi connectivity index (χ1v) is 9.20. The number of unbranched alkanes of at least 4 members (excludes halogenated alkanes) is 1. The Labute approximate surface area is 144 Å². The number of carbonyl (C=O) groups excluding carboxylic acids is 1. The molecule has 0 spiro atoms. The van der Waals surface area contributed by atoms with Gasteiger partial charge in [0.25, 0.3) is 0 Å². The third-order valence-electron chi connectivity index (χ3n) is 5.00. The zero-order valence-electron chi connectivity index (χ0n) is 14.7. The van der Waals surface area contributed by atoms with E-state index in [4.69, 9.17) is 0 Å². The maximum Gasteiger partial charge on any atom is 0.223 e. The molecule has 3 atom stereocenters. The summed E-state index contributed by atoms with van der Waals surface area (Å²) in [6.45, 7) is 5.48. The maximum absolute atomic E-state index is 12.3. The van der Waals surface area contributed by atoms with Crippen molar-refractivity contribution in [3.8, 4) is 0 Å². The molecular formula is C19H28N4O. The van der Waals surface area contributed by atoms with E-state index in [1.807, 2.05) is 13.0 Å². The maximum atomic E-state index is 12.3. The van der Waals surface area contributed by atoms with Crippen molar-refractivity contribution < 1.29 is 4.79 Å². The van der Waals surface area contributed by atoms with Crippen LogP contribution in [0.5, 0.6) is 0 Å². The summed E-state index contributed by atoms with van der Waals surface area (Å²) in [6, 6.07) is 1.96. The molecule has 5 heteroatoms. The second-order valence-electron chi connectivity index (χ2n) is 7.02. The summed E-state index contributed by atoms with van der Waals surface area (Å²) in [5, 5.41) is 6.37. The number of amides is 1. The molecule has 2 bridgehead atoms. The van der Waals surface area contributed by atoms with E-state index in [1.165, 1.54) is 0 Å². The number of fused-ring (bicyclic) bond motifs is 2. The van der Waals surface area contributed by atoms with E-state index in [9.17, 15) is 4.79 Å². The molecule has 1 heterocycles. The molecule has 1 aromatic heterocycles. The molecule has 2 aliphatic rings. The van der Waals surface area contributed by atoms with Crippen LogP contribution in [-0.4, -0.2) is 29.0 Å². The Hall–Kier alpha value is -1.91. The lowest BCUT2D eigenvalue weighted by Gasteiger charge is -2.17. The Kier molecular flexibility index (Phi) is 5.48. The molecule has 1 fully saturated rings. The van der Waals surface area contributed by atoms with Gasteiger partial charge in [0.2, 0.25) is 5.91 Å². The van der Waals surface area contributed by atoms with Crippen molar-refractivity contribution in [3.05, 3.63) is 29.7 Å². The van der Waals surface area contributed by atoms with E-state index in [2.05, 4.69) is 39.7 Å². The van der Waals surface area contributed by atoms with Gasteiger partial charge in [-0.25, -0.2) is 9.97 Å². The highest BCUT2D eigenvalue weighted by Crippen LogP contribution is 2.43. The van der Waals surface area contributed by atoms with Gasteiger partial charge in [-0.15, -0.1) is 0 Å². The number of aromatic nitrogens is 2. The predicted octanol–water partition coefficient (Wildman–Crippen LogP) is 2.87. The van der Waals surface area contributed by atoms with Crippen molar-refractivity contribution in [1.29, 1.82) is 0 Å². The quantitative estimate of drug-likeness (QED) is 0.569. The van der Waals surface area contributed by atoms with Crippen LogP contribution in [0.15, 0.2) is 18.2 Å². The predicted molar refractivity (Wildman–Crippen MR) is 95.7 cm³/mol. The summed E-state index contributed by atoms with van der Waals surface area (Å²) in [7, 11) is 0. The third-order valence-corrected chi connectivity index (χ3v) is 5.00. The van der Waals surface area contributed by atoms with E-state index in [1.54, 1.807) is 0 Å². The molecule has 2 N–H and O–H groups in total. The second kappa shape index (κ2) is 7.77. The Morgan fingerprint density at radius 2 is 2.12 bits per heavy atom. The van der Waals surface area contributed by atoms with Crippen LogP contribution in [-0.2, 0) is 11.2 Å². The highest BCUT2D eigenvalue weighted by atomic mass is 16.1. The number of allylic oxidation sites excluding steroid dienone is 2. The van der Waals surface area contributed by atoms with Crippen LogP contribution in [0.3, 0.4) is 0 Å². The van der Waals surface area contributed by atoms with E-state index >= 15 is 0 Å². The van der Waals surface area contributed by atoms with Crippen LogP contribution in [0.2, 0.25) is 0 Å². The van der Waals surface area contributed by atoms with Crippen LogP contribution >= 0.6 is 0 Å². The number of carbonyl (C=O) groups is 1. The normalized spacial score (nSPS) is 24.3. The van der Waals surface area contributed by atoms with Gasteiger partial charge in [0, 0.05) is 37.2 Å². The fourth-order valence-corrected chi connectivity index (χ4v) is 3.76. The monoisotopic (exact) mass is 328 g/mol. The summed E-state index contributed by atoms with van der Waals surface area (Å²) in [5.74, 6) is 3.24. The number of nitrogens with one attached hydrogen (secondary N) is 2. The lowest BCUT2D eigenvalue weighted by atomic mass is 9.93. The minimum Gasteiger partial charge on any atom is -0.368 e. The fraction of sp³-hybridized carbons (Fsp3) is 0.632. The smallest absolute Gasteiger partial charge is 0.223 e. The number of nitrogens with zero attached hydrogens (tertiary/aromatic N) is 2. The van der Waals surface area contributed by atoms with Crippen molar-refractivity contribution in [2.24, 2.45) is 17.8 Å². The molecule has 1 saturated carbocycles. The van der Waals surface area contributed by atoms with Crippen LogP contribution < -0.4 is 10.6 Å². The molecule has 1 aromatic rings. The number of anilines is 1. The van der Waals surface area contributed by atoms with Gasteiger partial charge in [-0.1, -0.05) is 25.5 Å². The summed E-state index contributed by atoms with van der Waals surface area (Å²) in [6.07, 6.45) is 9.84. The molecular weight excluding hydrogens is 300 g/mol. The Balaban J connectivity index is 1.42.